The van der Waals surface area contributed by atoms with Crippen LogP contribution in [-0.4, -0.2) is 59.0 Å². The number of carbonyl (C=O) groups excluding carboxylic acids is 1. The molecule has 1 aliphatic heterocycles. The van der Waals surface area contributed by atoms with Crippen molar-refractivity contribution in [2.24, 2.45) is 0 Å². The van der Waals surface area contributed by atoms with Crippen molar-refractivity contribution in [1.29, 1.82) is 10.8 Å². The molecule has 0 aliphatic carbocycles. The van der Waals surface area contributed by atoms with Crippen LogP contribution in [0.4, 0.5) is 15.1 Å². The number of amides is 2. The van der Waals surface area contributed by atoms with Crippen LogP contribution in [0.5, 0.6) is 0 Å². The first-order valence-corrected chi connectivity index (χ1v) is 8.22. The number of amidine groups is 1. The monoisotopic (exact) mass is 371 g/mol. The predicted octanol–water partition coefficient (Wildman–Crippen LogP) is 1.42. The maximum Gasteiger partial charge on any atom is 0.325 e. The first kappa shape index (κ1) is 18.2. The highest BCUT2D eigenvalue weighted by Gasteiger charge is 2.23. The molecule has 0 unspecified atom stereocenters. The molecular weight excluding hydrogens is 353 g/mol. The summed E-state index contributed by atoms with van der Waals surface area (Å²) in [7, 11) is 0. The van der Waals surface area contributed by atoms with Crippen molar-refractivity contribution in [3.8, 4) is 0 Å². The average molecular weight is 371 g/mol. The first-order chi connectivity index (χ1) is 13.0. The van der Waals surface area contributed by atoms with Gasteiger partial charge in [0.05, 0.1) is 0 Å². The van der Waals surface area contributed by atoms with Crippen LogP contribution in [0, 0.1) is 16.6 Å². The minimum atomic E-state index is -0.567. The van der Waals surface area contributed by atoms with Gasteiger partial charge in [0.2, 0.25) is 11.8 Å². The van der Waals surface area contributed by atoms with E-state index < -0.39 is 17.9 Å². The van der Waals surface area contributed by atoms with E-state index in [0.717, 1.165) is 0 Å². The second kappa shape index (κ2) is 8.21. The topological polar surface area (TPSA) is 118 Å². The van der Waals surface area contributed by atoms with Crippen LogP contribution >= 0.6 is 0 Å². The Bertz CT molecular complexity index is 821. The van der Waals surface area contributed by atoms with Crippen LogP contribution in [0.1, 0.15) is 5.56 Å². The highest BCUT2D eigenvalue weighted by Crippen LogP contribution is 2.10. The molecular formula is C17H18FN7O2. The average Bonchev–Trinajstić information content (AvgIpc) is 2.69. The van der Waals surface area contributed by atoms with E-state index in [-0.39, 0.29) is 5.90 Å². The molecule has 1 aromatic carbocycles. The number of carbonyl (C=O) groups is 1. The fraction of sp³-hybridized carbons (Fsp3) is 0.235. The SMILES string of the molecule is N=C(NC(=O)N1CCN(c2ncccn2)CC1)OC(=N)c1ccc(F)cc1. The lowest BCUT2D eigenvalue weighted by Crippen LogP contribution is -2.53. The Morgan fingerprint density at radius 1 is 1.07 bits per heavy atom. The maximum atomic E-state index is 12.9. The van der Waals surface area contributed by atoms with Gasteiger partial charge in [0.15, 0.2) is 0 Å². The second-order valence-corrected chi connectivity index (χ2v) is 5.72. The molecule has 10 heteroatoms. The molecule has 140 valence electrons. The molecule has 3 N–H and O–H groups in total. The number of nitrogens with one attached hydrogen (secondary N) is 3. The lowest BCUT2D eigenvalue weighted by Gasteiger charge is -2.34. The molecule has 2 amide bonds. The third kappa shape index (κ3) is 4.75. The zero-order valence-corrected chi connectivity index (χ0v) is 14.4. The van der Waals surface area contributed by atoms with Gasteiger partial charge in [-0.1, -0.05) is 0 Å². The third-order valence-corrected chi connectivity index (χ3v) is 3.93. The Labute approximate surface area is 154 Å². The first-order valence-electron chi connectivity index (χ1n) is 8.22. The number of urea groups is 1. The van der Waals surface area contributed by atoms with Crippen molar-refractivity contribution in [2.75, 3.05) is 31.1 Å². The Kier molecular flexibility index (Phi) is 5.55. The normalized spacial score (nSPS) is 13.8. The van der Waals surface area contributed by atoms with E-state index in [1.54, 1.807) is 23.4 Å². The van der Waals surface area contributed by atoms with Gasteiger partial charge in [-0.3, -0.25) is 16.1 Å². The molecule has 0 saturated carbocycles. The van der Waals surface area contributed by atoms with E-state index in [4.69, 9.17) is 15.6 Å². The number of rotatable bonds is 2. The van der Waals surface area contributed by atoms with E-state index in [0.29, 0.717) is 37.7 Å². The predicted molar refractivity (Wildman–Crippen MR) is 96.4 cm³/mol. The summed E-state index contributed by atoms with van der Waals surface area (Å²) in [5.74, 6) is -0.178. The van der Waals surface area contributed by atoms with E-state index in [2.05, 4.69) is 15.3 Å². The molecule has 3 rings (SSSR count). The van der Waals surface area contributed by atoms with E-state index in [1.165, 1.54) is 24.3 Å². The number of hydrogen-bond donors (Lipinski definition) is 3. The smallest absolute Gasteiger partial charge is 0.325 e. The zero-order chi connectivity index (χ0) is 19.2. The molecule has 1 aromatic heterocycles. The molecule has 2 aromatic rings. The minimum Gasteiger partial charge on any atom is -0.407 e. The fourth-order valence-electron chi connectivity index (χ4n) is 2.53. The van der Waals surface area contributed by atoms with Crippen molar-refractivity contribution in [3.63, 3.8) is 0 Å². The van der Waals surface area contributed by atoms with Crippen LogP contribution in [0.15, 0.2) is 42.7 Å². The lowest BCUT2D eigenvalue weighted by molar-refractivity contribution is 0.197. The molecule has 0 atom stereocenters. The number of halogens is 1. The van der Waals surface area contributed by atoms with Gasteiger partial charge in [0.1, 0.15) is 5.82 Å². The van der Waals surface area contributed by atoms with Crippen molar-refractivity contribution < 1.29 is 13.9 Å². The van der Waals surface area contributed by atoms with Crippen LogP contribution < -0.4 is 10.2 Å². The van der Waals surface area contributed by atoms with E-state index in [9.17, 15) is 9.18 Å². The van der Waals surface area contributed by atoms with Gasteiger partial charge in [-0.25, -0.2) is 19.2 Å². The lowest BCUT2D eigenvalue weighted by atomic mass is 10.2. The standard InChI is InChI=1S/C17H18FN7O2/c18-13-4-2-12(3-5-13)14(19)27-15(20)23-17(26)25-10-8-24(9-11-25)16-21-6-1-7-22-16/h1-7,19H,8-11H2,(H2,20,23,26). The maximum absolute atomic E-state index is 12.9. The molecule has 0 radical (unpaired) electrons. The number of anilines is 1. The molecule has 2 heterocycles. The fourth-order valence-corrected chi connectivity index (χ4v) is 2.53. The second-order valence-electron chi connectivity index (χ2n) is 5.72. The number of hydrogen-bond acceptors (Lipinski definition) is 7. The summed E-state index contributed by atoms with van der Waals surface area (Å²) in [6, 6.07) is 5.78. The van der Waals surface area contributed by atoms with Crippen molar-refractivity contribution in [2.45, 2.75) is 0 Å². The van der Waals surface area contributed by atoms with Crippen LogP contribution in [0.2, 0.25) is 0 Å². The Morgan fingerprint density at radius 2 is 1.70 bits per heavy atom. The molecule has 1 saturated heterocycles. The quantitative estimate of drug-likeness (QED) is 0.545. The molecule has 27 heavy (non-hydrogen) atoms. The Morgan fingerprint density at radius 3 is 2.33 bits per heavy atom. The summed E-state index contributed by atoms with van der Waals surface area (Å²) in [6.07, 6.45) is 3.33. The molecule has 1 aliphatic rings. The summed E-state index contributed by atoms with van der Waals surface area (Å²) >= 11 is 0. The van der Waals surface area contributed by atoms with Gasteiger partial charge >= 0.3 is 6.03 Å². The van der Waals surface area contributed by atoms with Gasteiger partial charge < -0.3 is 14.5 Å². The Hall–Kier alpha value is -3.56. The number of ether oxygens (including phenoxy) is 1. The molecule has 0 bridgehead atoms. The third-order valence-electron chi connectivity index (χ3n) is 3.93. The number of benzene rings is 1. The van der Waals surface area contributed by atoms with Gasteiger partial charge in [0.25, 0.3) is 6.02 Å². The van der Waals surface area contributed by atoms with E-state index >= 15 is 0 Å². The highest BCUT2D eigenvalue weighted by molar-refractivity contribution is 6.02. The molecule has 0 spiro atoms. The molecule has 9 nitrogen and oxygen atoms in total. The summed E-state index contributed by atoms with van der Waals surface area (Å²) in [4.78, 5) is 24.1. The highest BCUT2D eigenvalue weighted by atomic mass is 19.1. The summed E-state index contributed by atoms with van der Waals surface area (Å²) < 4.78 is 17.9. The van der Waals surface area contributed by atoms with Crippen LogP contribution in [-0.2, 0) is 4.74 Å². The van der Waals surface area contributed by atoms with E-state index in [1.807, 2.05) is 4.90 Å². The van der Waals surface area contributed by atoms with Crippen molar-refractivity contribution in [1.82, 2.24) is 20.2 Å². The van der Waals surface area contributed by atoms with Gasteiger partial charge in [-0.05, 0) is 30.3 Å². The zero-order valence-electron chi connectivity index (χ0n) is 14.4. The van der Waals surface area contributed by atoms with Gasteiger partial charge in [-0.15, -0.1) is 0 Å². The number of nitrogens with zero attached hydrogens (tertiary/aromatic N) is 4. The van der Waals surface area contributed by atoms with Crippen molar-refractivity contribution >= 4 is 23.9 Å². The van der Waals surface area contributed by atoms with Gasteiger partial charge in [-0.2, -0.15) is 0 Å². The summed E-state index contributed by atoms with van der Waals surface area (Å²) in [5, 5.41) is 17.8. The largest absolute Gasteiger partial charge is 0.407 e. The van der Waals surface area contributed by atoms with Crippen LogP contribution in [0.25, 0.3) is 0 Å². The Balaban J connectivity index is 1.47. The minimum absolute atomic E-state index is 0.298. The van der Waals surface area contributed by atoms with Crippen molar-refractivity contribution in [3.05, 3.63) is 54.1 Å². The summed E-state index contributed by atoms with van der Waals surface area (Å²) in [6.45, 7) is 2.01. The number of piperazine rings is 1. The van der Waals surface area contributed by atoms with Gasteiger partial charge in [0, 0.05) is 44.1 Å². The van der Waals surface area contributed by atoms with Crippen LogP contribution in [0.3, 0.4) is 0 Å². The molecule has 1 fully saturated rings. The number of aromatic nitrogens is 2. The summed E-state index contributed by atoms with van der Waals surface area (Å²) in [5.41, 5.74) is 0.298.